The van der Waals surface area contributed by atoms with Gasteiger partial charge in [0.2, 0.25) is 0 Å². The summed E-state index contributed by atoms with van der Waals surface area (Å²) >= 11 is 0. The monoisotopic (exact) mass is 606 g/mol. The van der Waals surface area contributed by atoms with Crippen LogP contribution in [0.1, 0.15) is 67.8 Å². The molecule has 234 valence electrons. The fraction of sp³-hybridized carbons (Fsp3) is 0.351. The Balaban J connectivity index is 1.14. The summed E-state index contributed by atoms with van der Waals surface area (Å²) in [6.07, 6.45) is 12.2. The predicted octanol–water partition coefficient (Wildman–Crippen LogP) is 7.19. The molecule has 2 N–H and O–H groups in total. The maximum absolute atomic E-state index is 12.8. The number of unbranched alkanes of at least 4 members (excludes halogenated alkanes) is 4. The van der Waals surface area contributed by atoms with Gasteiger partial charge in [-0.1, -0.05) is 69.0 Å². The van der Waals surface area contributed by atoms with E-state index in [4.69, 9.17) is 4.74 Å². The molecule has 5 rings (SSSR count). The Bertz CT molecular complexity index is 1520. The highest BCUT2D eigenvalue weighted by molar-refractivity contribution is 5.97. The number of aromatic nitrogens is 2. The number of carbonyl (C=O) groups excluding carboxylic acids is 1. The summed E-state index contributed by atoms with van der Waals surface area (Å²) in [4.78, 5) is 36.2. The van der Waals surface area contributed by atoms with Crippen molar-refractivity contribution < 1.29 is 19.4 Å². The molecule has 2 heterocycles. The molecule has 4 aromatic rings. The summed E-state index contributed by atoms with van der Waals surface area (Å²) in [6.45, 7) is 4.99. The number of hydrogen-bond acceptors (Lipinski definition) is 6. The molecule has 45 heavy (non-hydrogen) atoms. The molecule has 1 atom stereocenters. The van der Waals surface area contributed by atoms with Crippen molar-refractivity contribution in [2.45, 2.75) is 64.3 Å². The van der Waals surface area contributed by atoms with Gasteiger partial charge < -0.3 is 20.1 Å². The molecule has 1 amide bonds. The first-order valence-corrected chi connectivity index (χ1v) is 16.0. The van der Waals surface area contributed by atoms with E-state index < -0.39 is 17.9 Å². The fourth-order valence-electron chi connectivity index (χ4n) is 5.53. The minimum absolute atomic E-state index is 0.158. The van der Waals surface area contributed by atoms with Gasteiger partial charge >= 0.3 is 5.97 Å². The molecule has 0 unspecified atom stereocenters. The number of carboxylic acids is 1. The van der Waals surface area contributed by atoms with Crippen molar-refractivity contribution in [3.8, 4) is 28.3 Å². The van der Waals surface area contributed by atoms with E-state index in [1.54, 1.807) is 24.5 Å². The van der Waals surface area contributed by atoms with E-state index in [1.165, 1.54) is 38.5 Å². The van der Waals surface area contributed by atoms with Gasteiger partial charge in [-0.2, -0.15) is 0 Å². The number of nitrogens with zero attached hydrogens (tertiary/aromatic N) is 3. The molecular weight excluding hydrogens is 564 g/mol. The number of amides is 1. The molecule has 8 nitrogen and oxygen atoms in total. The van der Waals surface area contributed by atoms with E-state index in [0.29, 0.717) is 11.4 Å². The molecule has 1 fully saturated rings. The van der Waals surface area contributed by atoms with Crippen LogP contribution < -0.4 is 15.0 Å². The van der Waals surface area contributed by atoms with Crippen LogP contribution in [0.25, 0.3) is 22.5 Å². The first-order valence-electron chi connectivity index (χ1n) is 16.0. The lowest BCUT2D eigenvalue weighted by Crippen LogP contribution is -2.42. The van der Waals surface area contributed by atoms with Gasteiger partial charge in [-0.3, -0.25) is 4.79 Å². The van der Waals surface area contributed by atoms with Crippen molar-refractivity contribution in [2.24, 2.45) is 0 Å². The van der Waals surface area contributed by atoms with Gasteiger partial charge in [-0.05, 0) is 66.8 Å². The van der Waals surface area contributed by atoms with Gasteiger partial charge in [0.05, 0.1) is 6.61 Å². The van der Waals surface area contributed by atoms with Crippen molar-refractivity contribution in [1.29, 1.82) is 0 Å². The number of rotatable bonds is 15. The van der Waals surface area contributed by atoms with Crippen LogP contribution in [-0.4, -0.2) is 52.7 Å². The topological polar surface area (TPSA) is 105 Å². The standard InChI is InChI=1S/C37H42N4O4/c1-2-3-4-5-8-23-45-33-19-15-28(16-20-33)31-25-38-35(39-26-31)29-11-9-27(10-12-29)24-34(37(43)44)40-36(42)30-13-17-32(18-14-30)41-21-6-7-22-41/h9-20,25-26,34H,2-8,21-24H2,1H3,(H,40,42)(H,43,44)/t34-/m0/s1. The van der Waals surface area contributed by atoms with E-state index in [-0.39, 0.29) is 6.42 Å². The van der Waals surface area contributed by atoms with Crippen molar-refractivity contribution in [2.75, 3.05) is 24.6 Å². The maximum Gasteiger partial charge on any atom is 0.326 e. The summed E-state index contributed by atoms with van der Waals surface area (Å²) in [7, 11) is 0. The van der Waals surface area contributed by atoms with E-state index in [2.05, 4.69) is 27.1 Å². The lowest BCUT2D eigenvalue weighted by Gasteiger charge is -2.18. The van der Waals surface area contributed by atoms with Crippen LogP contribution >= 0.6 is 0 Å². The molecule has 0 bridgehead atoms. The first kappa shape index (κ1) is 31.7. The highest BCUT2D eigenvalue weighted by Gasteiger charge is 2.22. The largest absolute Gasteiger partial charge is 0.494 e. The van der Waals surface area contributed by atoms with Crippen LogP contribution in [0.15, 0.2) is 85.2 Å². The van der Waals surface area contributed by atoms with Crippen LogP contribution in [0, 0.1) is 0 Å². The molecule has 0 spiro atoms. The number of benzene rings is 3. The molecule has 3 aromatic carbocycles. The number of anilines is 1. The van der Waals surface area contributed by atoms with Gasteiger partial charge in [0.1, 0.15) is 11.8 Å². The molecule has 1 aliphatic heterocycles. The van der Waals surface area contributed by atoms with Gasteiger partial charge in [0.25, 0.3) is 5.91 Å². The Labute approximate surface area is 265 Å². The third-order valence-corrected chi connectivity index (χ3v) is 8.21. The van der Waals surface area contributed by atoms with Crippen molar-refractivity contribution >= 4 is 17.6 Å². The Hall–Kier alpha value is -4.72. The Morgan fingerprint density at radius 3 is 2.11 bits per heavy atom. The van der Waals surface area contributed by atoms with Gasteiger partial charge in [0.15, 0.2) is 5.82 Å². The second kappa shape index (κ2) is 15.8. The Kier molecular flexibility index (Phi) is 11.2. The van der Waals surface area contributed by atoms with Gasteiger partial charge in [-0.15, -0.1) is 0 Å². The molecule has 1 aromatic heterocycles. The summed E-state index contributed by atoms with van der Waals surface area (Å²) in [5, 5.41) is 12.5. The lowest BCUT2D eigenvalue weighted by atomic mass is 10.0. The highest BCUT2D eigenvalue weighted by atomic mass is 16.5. The van der Waals surface area contributed by atoms with Crippen LogP contribution in [-0.2, 0) is 11.2 Å². The third kappa shape index (κ3) is 8.91. The number of hydrogen-bond donors (Lipinski definition) is 2. The van der Waals surface area contributed by atoms with E-state index in [0.717, 1.165) is 59.8 Å². The van der Waals surface area contributed by atoms with Crippen LogP contribution in [0.2, 0.25) is 0 Å². The number of aliphatic carboxylic acids is 1. The van der Waals surface area contributed by atoms with E-state index in [9.17, 15) is 14.7 Å². The second-order valence-corrected chi connectivity index (χ2v) is 11.6. The number of ether oxygens (including phenoxy) is 1. The van der Waals surface area contributed by atoms with Crippen molar-refractivity contribution in [3.63, 3.8) is 0 Å². The summed E-state index contributed by atoms with van der Waals surface area (Å²) in [5.74, 6) is -0.0422. The SMILES string of the molecule is CCCCCCCOc1ccc(-c2cnc(-c3ccc(C[C@H](NC(=O)c4ccc(N5CCCC5)cc4)C(=O)O)cc3)nc2)cc1. The number of nitrogens with one attached hydrogen (secondary N) is 1. The van der Waals surface area contributed by atoms with Crippen LogP contribution in [0.4, 0.5) is 5.69 Å². The predicted molar refractivity (Wildman–Crippen MR) is 178 cm³/mol. The summed E-state index contributed by atoms with van der Waals surface area (Å²) in [6, 6.07) is 21.7. The normalized spacial score (nSPS) is 13.4. The zero-order valence-corrected chi connectivity index (χ0v) is 26.0. The fourth-order valence-corrected chi connectivity index (χ4v) is 5.53. The third-order valence-electron chi connectivity index (χ3n) is 8.21. The van der Waals surface area contributed by atoms with E-state index >= 15 is 0 Å². The number of carbonyl (C=O) groups is 2. The minimum atomic E-state index is -1.08. The first-order chi connectivity index (χ1) is 22.0. The molecule has 0 saturated carbocycles. The highest BCUT2D eigenvalue weighted by Crippen LogP contribution is 2.24. The molecular formula is C37H42N4O4. The second-order valence-electron chi connectivity index (χ2n) is 11.6. The van der Waals surface area contributed by atoms with Crippen LogP contribution in [0.5, 0.6) is 5.75 Å². The smallest absolute Gasteiger partial charge is 0.326 e. The van der Waals surface area contributed by atoms with Crippen molar-refractivity contribution in [1.82, 2.24) is 15.3 Å². The zero-order chi connectivity index (χ0) is 31.4. The molecule has 1 aliphatic rings. The molecule has 0 radical (unpaired) electrons. The number of carboxylic acid groups (broad SMARTS) is 1. The van der Waals surface area contributed by atoms with Crippen LogP contribution in [0.3, 0.4) is 0 Å². The average Bonchev–Trinajstić information content (AvgIpc) is 3.62. The maximum atomic E-state index is 12.8. The molecule has 8 heteroatoms. The van der Waals surface area contributed by atoms with E-state index in [1.807, 2.05) is 60.7 Å². The summed E-state index contributed by atoms with van der Waals surface area (Å²) in [5.41, 5.74) is 5.05. The lowest BCUT2D eigenvalue weighted by molar-refractivity contribution is -0.139. The summed E-state index contributed by atoms with van der Waals surface area (Å²) < 4.78 is 5.87. The van der Waals surface area contributed by atoms with Crippen molar-refractivity contribution in [3.05, 3.63) is 96.3 Å². The molecule has 1 saturated heterocycles. The van der Waals surface area contributed by atoms with Gasteiger partial charge in [-0.25, -0.2) is 14.8 Å². The molecule has 0 aliphatic carbocycles. The minimum Gasteiger partial charge on any atom is -0.494 e. The quantitative estimate of drug-likeness (QED) is 0.138. The van der Waals surface area contributed by atoms with Gasteiger partial charge in [0, 0.05) is 54.3 Å². The zero-order valence-electron chi connectivity index (χ0n) is 26.0. The Morgan fingerprint density at radius 1 is 0.822 bits per heavy atom. The average molecular weight is 607 g/mol. The Morgan fingerprint density at radius 2 is 1.47 bits per heavy atom.